The highest BCUT2D eigenvalue weighted by molar-refractivity contribution is 6.30. The van der Waals surface area contributed by atoms with E-state index in [1.165, 1.54) is 0 Å². The van der Waals surface area contributed by atoms with Gasteiger partial charge >= 0.3 is 5.97 Å². The third-order valence-corrected chi connectivity index (χ3v) is 3.41. The lowest BCUT2D eigenvalue weighted by Gasteiger charge is -2.08. The molecule has 0 radical (unpaired) electrons. The van der Waals surface area contributed by atoms with Crippen LogP contribution in [-0.2, 0) is 22.6 Å². The van der Waals surface area contributed by atoms with Crippen LogP contribution in [0.25, 0.3) is 0 Å². The summed E-state index contributed by atoms with van der Waals surface area (Å²) in [6.07, 6.45) is 0.802. The van der Waals surface area contributed by atoms with E-state index < -0.39 is 5.91 Å². The number of rotatable bonds is 6. The van der Waals surface area contributed by atoms with Gasteiger partial charge < -0.3 is 10.5 Å². The predicted molar refractivity (Wildman–Crippen MR) is 84.5 cm³/mol. The lowest BCUT2D eigenvalue weighted by atomic mass is 10.1. The molecule has 1 amide bonds. The van der Waals surface area contributed by atoms with E-state index in [4.69, 9.17) is 22.1 Å². The van der Waals surface area contributed by atoms with Gasteiger partial charge in [-0.15, -0.1) is 0 Å². The number of nitrogens with two attached hydrogens (primary N) is 1. The fourth-order valence-electron chi connectivity index (χ4n) is 2.06. The van der Waals surface area contributed by atoms with Crippen LogP contribution in [0.5, 0.6) is 0 Å². The zero-order valence-corrected chi connectivity index (χ0v) is 12.7. The van der Waals surface area contributed by atoms with Crippen molar-refractivity contribution in [2.75, 3.05) is 0 Å². The average Bonchev–Trinajstić information content (AvgIpc) is 2.51. The van der Waals surface area contributed by atoms with Crippen LogP contribution >= 0.6 is 11.6 Å². The molecule has 5 heteroatoms. The van der Waals surface area contributed by atoms with Crippen LogP contribution in [0.15, 0.2) is 48.5 Å². The molecule has 0 saturated carbocycles. The van der Waals surface area contributed by atoms with Gasteiger partial charge in [-0.3, -0.25) is 9.59 Å². The van der Waals surface area contributed by atoms with Crippen LogP contribution in [0.2, 0.25) is 5.02 Å². The van der Waals surface area contributed by atoms with Crippen molar-refractivity contribution in [3.63, 3.8) is 0 Å². The first-order chi connectivity index (χ1) is 10.6. The molecule has 0 aliphatic heterocycles. The lowest BCUT2D eigenvalue weighted by Crippen LogP contribution is -2.15. The highest BCUT2D eigenvalue weighted by Gasteiger charge is 2.10. The van der Waals surface area contributed by atoms with E-state index in [1.807, 2.05) is 18.2 Å². The summed E-state index contributed by atoms with van der Waals surface area (Å²) in [5, 5.41) is 0.640. The first-order valence-corrected chi connectivity index (χ1v) is 7.22. The van der Waals surface area contributed by atoms with Crippen LogP contribution in [0, 0.1) is 0 Å². The molecule has 0 heterocycles. The van der Waals surface area contributed by atoms with Crippen molar-refractivity contribution in [3.8, 4) is 0 Å². The molecule has 0 fully saturated rings. The fraction of sp³-hybridized carbons (Fsp3) is 0.176. The molecular weight excluding hydrogens is 302 g/mol. The number of benzene rings is 2. The molecule has 2 rings (SSSR count). The number of carbonyl (C=O) groups is 2. The van der Waals surface area contributed by atoms with Crippen LogP contribution < -0.4 is 5.73 Å². The van der Waals surface area contributed by atoms with Crippen molar-refractivity contribution in [3.05, 3.63) is 70.2 Å². The van der Waals surface area contributed by atoms with E-state index in [-0.39, 0.29) is 19.0 Å². The van der Waals surface area contributed by atoms with Gasteiger partial charge in [0.2, 0.25) is 5.91 Å². The normalized spacial score (nSPS) is 10.2. The smallest absolute Gasteiger partial charge is 0.306 e. The molecule has 0 bridgehead atoms. The topological polar surface area (TPSA) is 69.4 Å². The molecule has 2 N–H and O–H groups in total. The van der Waals surface area contributed by atoms with Gasteiger partial charge in [-0.2, -0.15) is 0 Å². The number of primary amides is 1. The van der Waals surface area contributed by atoms with Crippen molar-refractivity contribution in [1.82, 2.24) is 0 Å². The molecule has 0 unspecified atom stereocenters. The molecule has 22 heavy (non-hydrogen) atoms. The maximum Gasteiger partial charge on any atom is 0.306 e. The number of ether oxygens (including phenoxy) is 1. The zero-order chi connectivity index (χ0) is 15.9. The quantitative estimate of drug-likeness (QED) is 0.832. The van der Waals surface area contributed by atoms with Crippen molar-refractivity contribution >= 4 is 23.5 Å². The zero-order valence-electron chi connectivity index (χ0n) is 11.9. The van der Waals surface area contributed by atoms with E-state index in [2.05, 4.69) is 0 Å². The minimum atomic E-state index is -0.537. The maximum atomic E-state index is 11.8. The summed E-state index contributed by atoms with van der Waals surface area (Å²) in [7, 11) is 0. The number of hydrogen-bond donors (Lipinski definition) is 1. The Morgan fingerprint density at radius 1 is 1.09 bits per heavy atom. The number of hydrogen-bond acceptors (Lipinski definition) is 3. The lowest BCUT2D eigenvalue weighted by molar-refractivity contribution is -0.144. The third-order valence-electron chi connectivity index (χ3n) is 3.18. The van der Waals surface area contributed by atoms with E-state index in [1.54, 1.807) is 30.3 Å². The van der Waals surface area contributed by atoms with Gasteiger partial charge in [0.05, 0.1) is 0 Å². The van der Waals surface area contributed by atoms with E-state index in [9.17, 15) is 9.59 Å². The summed E-state index contributed by atoms with van der Waals surface area (Å²) in [6, 6.07) is 14.1. The molecule has 0 saturated heterocycles. The van der Waals surface area contributed by atoms with Crippen molar-refractivity contribution < 1.29 is 14.3 Å². The molecule has 0 aliphatic carbocycles. The number of aryl methyl sites for hydroxylation is 1. The largest absolute Gasteiger partial charge is 0.461 e. The Labute approximate surface area is 133 Å². The van der Waals surface area contributed by atoms with Gasteiger partial charge in [-0.1, -0.05) is 41.9 Å². The van der Waals surface area contributed by atoms with Gasteiger partial charge in [0.15, 0.2) is 0 Å². The molecule has 0 aromatic heterocycles. The van der Waals surface area contributed by atoms with E-state index in [0.717, 1.165) is 5.56 Å². The molecule has 4 nitrogen and oxygen atoms in total. The van der Waals surface area contributed by atoms with Gasteiger partial charge in [0.25, 0.3) is 0 Å². The Morgan fingerprint density at radius 3 is 2.59 bits per heavy atom. The van der Waals surface area contributed by atoms with Gasteiger partial charge in [-0.25, -0.2) is 0 Å². The molecule has 2 aromatic rings. The Morgan fingerprint density at radius 2 is 1.86 bits per heavy atom. The molecule has 0 aliphatic rings. The highest BCUT2D eigenvalue weighted by Crippen LogP contribution is 2.13. The summed E-state index contributed by atoms with van der Waals surface area (Å²) in [5.41, 5.74) is 7.22. The van der Waals surface area contributed by atoms with Crippen LogP contribution in [-0.4, -0.2) is 11.9 Å². The van der Waals surface area contributed by atoms with Gasteiger partial charge in [0.1, 0.15) is 6.61 Å². The Bertz CT molecular complexity index is 685. The second-order valence-electron chi connectivity index (χ2n) is 4.81. The Balaban J connectivity index is 1.87. The van der Waals surface area contributed by atoms with Crippen LogP contribution in [0.1, 0.15) is 27.9 Å². The predicted octanol–water partition coefficient (Wildman–Crippen LogP) is 3.11. The summed E-state index contributed by atoms with van der Waals surface area (Å²) in [5.74, 6) is -0.871. The monoisotopic (exact) mass is 317 g/mol. The minimum Gasteiger partial charge on any atom is -0.461 e. The van der Waals surface area contributed by atoms with Crippen molar-refractivity contribution in [2.24, 2.45) is 5.73 Å². The molecule has 0 atom stereocenters. The van der Waals surface area contributed by atoms with E-state index in [0.29, 0.717) is 22.6 Å². The standard InChI is InChI=1S/C17H16ClNO3/c18-14-6-3-4-12(10-14)8-9-16(20)22-11-13-5-1-2-7-15(13)17(19)21/h1-7,10H,8-9,11H2,(H2,19,21). The molecule has 2 aromatic carbocycles. The summed E-state index contributed by atoms with van der Waals surface area (Å²) in [6.45, 7) is 0.0352. The molecule has 0 spiro atoms. The summed E-state index contributed by atoms with van der Waals surface area (Å²) >= 11 is 5.89. The maximum absolute atomic E-state index is 11.8. The second-order valence-corrected chi connectivity index (χ2v) is 5.25. The number of esters is 1. The van der Waals surface area contributed by atoms with Crippen LogP contribution in [0.4, 0.5) is 0 Å². The summed E-state index contributed by atoms with van der Waals surface area (Å²) < 4.78 is 5.19. The Hall–Kier alpha value is -2.33. The number of carbonyl (C=O) groups excluding carboxylic acids is 2. The SMILES string of the molecule is NC(=O)c1ccccc1COC(=O)CCc1cccc(Cl)c1. The second kappa shape index (κ2) is 7.61. The van der Waals surface area contributed by atoms with Crippen LogP contribution in [0.3, 0.4) is 0 Å². The first-order valence-electron chi connectivity index (χ1n) is 6.84. The molecular formula is C17H16ClNO3. The van der Waals surface area contributed by atoms with Crippen molar-refractivity contribution in [2.45, 2.75) is 19.4 Å². The number of halogens is 1. The van der Waals surface area contributed by atoms with Gasteiger partial charge in [0, 0.05) is 22.6 Å². The minimum absolute atomic E-state index is 0.0352. The molecule has 114 valence electrons. The highest BCUT2D eigenvalue weighted by atomic mass is 35.5. The number of amides is 1. The first kappa shape index (κ1) is 16.0. The van der Waals surface area contributed by atoms with Crippen molar-refractivity contribution in [1.29, 1.82) is 0 Å². The van der Waals surface area contributed by atoms with Gasteiger partial charge in [-0.05, 0) is 30.2 Å². The fourth-order valence-corrected chi connectivity index (χ4v) is 2.27. The summed E-state index contributed by atoms with van der Waals surface area (Å²) in [4.78, 5) is 23.1. The average molecular weight is 318 g/mol. The van der Waals surface area contributed by atoms with E-state index >= 15 is 0 Å². The Kier molecular flexibility index (Phi) is 5.55. The third kappa shape index (κ3) is 4.60.